The van der Waals surface area contributed by atoms with Crippen LogP contribution in [0.15, 0.2) is 48.0 Å². The molecule has 0 heterocycles. The van der Waals surface area contributed by atoms with Crippen LogP contribution in [0.5, 0.6) is 5.75 Å². The van der Waals surface area contributed by atoms with Gasteiger partial charge in [-0.3, -0.25) is 4.79 Å². The molecule has 4 nitrogen and oxygen atoms in total. The van der Waals surface area contributed by atoms with E-state index in [1.54, 1.807) is 18.2 Å². The van der Waals surface area contributed by atoms with Crippen molar-refractivity contribution in [1.82, 2.24) is 0 Å². The molecule has 0 atom stereocenters. The van der Waals surface area contributed by atoms with Gasteiger partial charge in [0, 0.05) is 5.69 Å². The Labute approximate surface area is 129 Å². The number of anilines is 1. The Balaban J connectivity index is 2.24. The first kappa shape index (κ1) is 15.3. The summed E-state index contributed by atoms with van der Waals surface area (Å²) in [6.07, 6.45) is 1.49. The number of hydrogen-bond donors (Lipinski definition) is 2. The largest absolute Gasteiger partial charge is 0.508 e. The summed E-state index contributed by atoms with van der Waals surface area (Å²) in [5, 5.41) is 21.2. The third kappa shape index (κ3) is 3.53. The maximum Gasteiger partial charge on any atom is 0.266 e. The lowest BCUT2D eigenvalue weighted by atomic mass is 10.1. The predicted octanol–water partition coefficient (Wildman–Crippen LogP) is 3.55. The number of nitrogens with zero attached hydrogens (tertiary/aromatic N) is 1. The molecular weight excluding hydrogens is 276 g/mol. The van der Waals surface area contributed by atoms with Crippen molar-refractivity contribution in [1.29, 1.82) is 5.26 Å². The molecule has 2 rings (SSSR count). The van der Waals surface area contributed by atoms with E-state index in [2.05, 4.69) is 5.32 Å². The fourth-order valence-electron chi connectivity index (χ4n) is 1.96. The van der Waals surface area contributed by atoms with Gasteiger partial charge >= 0.3 is 0 Å². The zero-order valence-corrected chi connectivity index (χ0v) is 12.4. The van der Waals surface area contributed by atoms with Crippen LogP contribution in [-0.2, 0) is 4.79 Å². The summed E-state index contributed by atoms with van der Waals surface area (Å²) in [6.45, 7) is 3.88. The lowest BCUT2D eigenvalue weighted by molar-refractivity contribution is -0.112. The third-order valence-electron chi connectivity index (χ3n) is 3.42. The minimum Gasteiger partial charge on any atom is -0.508 e. The molecule has 110 valence electrons. The molecule has 0 saturated heterocycles. The number of rotatable bonds is 3. The first-order chi connectivity index (χ1) is 10.5. The summed E-state index contributed by atoms with van der Waals surface area (Å²) in [5.41, 5.74) is 3.41. The van der Waals surface area contributed by atoms with Crippen molar-refractivity contribution < 1.29 is 9.90 Å². The van der Waals surface area contributed by atoms with Gasteiger partial charge in [0.05, 0.1) is 0 Å². The summed E-state index contributed by atoms with van der Waals surface area (Å²) in [5.74, 6) is -0.320. The van der Waals surface area contributed by atoms with Crippen LogP contribution in [0.3, 0.4) is 0 Å². The molecule has 0 fully saturated rings. The topological polar surface area (TPSA) is 73.1 Å². The highest BCUT2D eigenvalue weighted by Crippen LogP contribution is 2.19. The van der Waals surface area contributed by atoms with E-state index in [-0.39, 0.29) is 11.3 Å². The number of nitriles is 1. The van der Waals surface area contributed by atoms with E-state index < -0.39 is 5.91 Å². The number of benzene rings is 2. The van der Waals surface area contributed by atoms with Crippen molar-refractivity contribution in [2.24, 2.45) is 0 Å². The number of phenols is 1. The van der Waals surface area contributed by atoms with E-state index in [1.165, 1.54) is 18.2 Å². The van der Waals surface area contributed by atoms with Crippen molar-refractivity contribution in [3.63, 3.8) is 0 Å². The van der Waals surface area contributed by atoms with Gasteiger partial charge in [-0.2, -0.15) is 5.26 Å². The molecule has 1 amide bonds. The third-order valence-corrected chi connectivity index (χ3v) is 3.42. The number of aryl methyl sites for hydroxylation is 1. The SMILES string of the molecule is Cc1cccc(NC(=O)/C(C#N)=C/c2ccc(O)cc2)c1C. The van der Waals surface area contributed by atoms with Gasteiger partial charge in [0.15, 0.2) is 0 Å². The van der Waals surface area contributed by atoms with Gasteiger partial charge in [-0.15, -0.1) is 0 Å². The second-order valence-corrected chi connectivity index (χ2v) is 4.96. The molecule has 4 heteroatoms. The van der Waals surface area contributed by atoms with Gasteiger partial charge in [0.2, 0.25) is 0 Å². The van der Waals surface area contributed by atoms with E-state index in [4.69, 9.17) is 0 Å². The summed E-state index contributed by atoms with van der Waals surface area (Å²) >= 11 is 0. The quantitative estimate of drug-likeness (QED) is 0.671. The lowest BCUT2D eigenvalue weighted by Gasteiger charge is -2.09. The summed E-state index contributed by atoms with van der Waals surface area (Å²) in [7, 11) is 0. The zero-order valence-electron chi connectivity index (χ0n) is 12.4. The Bertz CT molecular complexity index is 769. The highest BCUT2D eigenvalue weighted by Gasteiger charge is 2.11. The molecule has 0 aromatic heterocycles. The average molecular weight is 292 g/mol. The lowest BCUT2D eigenvalue weighted by Crippen LogP contribution is -2.14. The number of hydrogen-bond acceptors (Lipinski definition) is 3. The molecule has 0 unspecified atom stereocenters. The molecule has 0 aliphatic heterocycles. The Morgan fingerprint density at radius 1 is 1.18 bits per heavy atom. The first-order valence-electron chi connectivity index (χ1n) is 6.79. The van der Waals surface area contributed by atoms with Crippen LogP contribution in [0.2, 0.25) is 0 Å². The number of carbonyl (C=O) groups is 1. The van der Waals surface area contributed by atoms with Crippen LogP contribution in [-0.4, -0.2) is 11.0 Å². The number of aromatic hydroxyl groups is 1. The minimum absolute atomic E-state index is 0.00611. The van der Waals surface area contributed by atoms with Crippen molar-refractivity contribution in [2.75, 3.05) is 5.32 Å². The van der Waals surface area contributed by atoms with Crippen molar-refractivity contribution in [3.05, 3.63) is 64.7 Å². The molecule has 2 N–H and O–H groups in total. The molecule has 0 aliphatic carbocycles. The maximum absolute atomic E-state index is 12.2. The fraction of sp³-hybridized carbons (Fsp3) is 0.111. The number of amides is 1. The Morgan fingerprint density at radius 2 is 1.86 bits per heavy atom. The first-order valence-corrected chi connectivity index (χ1v) is 6.79. The maximum atomic E-state index is 12.2. The molecule has 0 bridgehead atoms. The van der Waals surface area contributed by atoms with E-state index in [0.717, 1.165) is 11.1 Å². The number of nitrogens with one attached hydrogen (secondary N) is 1. The van der Waals surface area contributed by atoms with E-state index in [0.29, 0.717) is 11.3 Å². The summed E-state index contributed by atoms with van der Waals surface area (Å²) in [4.78, 5) is 12.2. The van der Waals surface area contributed by atoms with Crippen molar-refractivity contribution in [3.8, 4) is 11.8 Å². The van der Waals surface area contributed by atoms with Gasteiger partial charge in [-0.25, -0.2) is 0 Å². The molecule has 0 aliphatic rings. The number of carbonyl (C=O) groups excluding carboxylic acids is 1. The predicted molar refractivity (Wildman–Crippen MR) is 86.2 cm³/mol. The summed E-state index contributed by atoms with van der Waals surface area (Å²) < 4.78 is 0. The van der Waals surface area contributed by atoms with Crippen LogP contribution >= 0.6 is 0 Å². The van der Waals surface area contributed by atoms with Crippen LogP contribution in [0, 0.1) is 25.2 Å². The molecular formula is C18H16N2O2. The number of phenolic OH excluding ortho intramolecular Hbond substituents is 1. The van der Waals surface area contributed by atoms with E-state index in [1.807, 2.05) is 32.0 Å². The molecule has 0 spiro atoms. The normalized spacial score (nSPS) is 10.9. The molecule has 2 aromatic carbocycles. The minimum atomic E-state index is -0.454. The molecule has 2 aromatic rings. The van der Waals surface area contributed by atoms with Gasteiger partial charge in [-0.05, 0) is 54.8 Å². The highest BCUT2D eigenvalue weighted by molar-refractivity contribution is 6.10. The van der Waals surface area contributed by atoms with Crippen LogP contribution in [0.4, 0.5) is 5.69 Å². The monoisotopic (exact) mass is 292 g/mol. The van der Waals surface area contributed by atoms with Gasteiger partial charge < -0.3 is 10.4 Å². The standard InChI is InChI=1S/C18H16N2O2/c1-12-4-3-5-17(13(12)2)20-18(22)15(11-19)10-14-6-8-16(21)9-7-14/h3-10,21H,1-2H3,(H,20,22)/b15-10+. The van der Waals surface area contributed by atoms with E-state index >= 15 is 0 Å². The average Bonchev–Trinajstić information content (AvgIpc) is 2.51. The van der Waals surface area contributed by atoms with Crippen LogP contribution < -0.4 is 5.32 Å². The Kier molecular flexibility index (Phi) is 4.60. The highest BCUT2D eigenvalue weighted by atomic mass is 16.3. The van der Waals surface area contributed by atoms with Gasteiger partial charge in [-0.1, -0.05) is 24.3 Å². The summed E-state index contributed by atoms with van der Waals surface area (Å²) in [6, 6.07) is 13.8. The Morgan fingerprint density at radius 3 is 2.50 bits per heavy atom. The van der Waals surface area contributed by atoms with Crippen molar-refractivity contribution in [2.45, 2.75) is 13.8 Å². The molecule has 22 heavy (non-hydrogen) atoms. The van der Waals surface area contributed by atoms with Gasteiger partial charge in [0.25, 0.3) is 5.91 Å². The molecule has 0 saturated carbocycles. The zero-order chi connectivity index (χ0) is 16.1. The second kappa shape index (κ2) is 6.59. The molecule has 0 radical (unpaired) electrons. The van der Waals surface area contributed by atoms with Crippen molar-refractivity contribution >= 4 is 17.7 Å². The van der Waals surface area contributed by atoms with Gasteiger partial charge in [0.1, 0.15) is 17.4 Å². The van der Waals surface area contributed by atoms with Crippen LogP contribution in [0.1, 0.15) is 16.7 Å². The fourth-order valence-corrected chi connectivity index (χ4v) is 1.96. The van der Waals surface area contributed by atoms with Crippen LogP contribution in [0.25, 0.3) is 6.08 Å². The van der Waals surface area contributed by atoms with E-state index in [9.17, 15) is 15.2 Å². The second-order valence-electron chi connectivity index (χ2n) is 4.96. The smallest absolute Gasteiger partial charge is 0.266 e. The Hall–Kier alpha value is -3.06.